The van der Waals surface area contributed by atoms with E-state index in [4.69, 9.17) is 23.2 Å². The van der Waals surface area contributed by atoms with Crippen molar-refractivity contribution >= 4 is 23.2 Å². The van der Waals surface area contributed by atoms with Crippen LogP contribution in [-0.2, 0) is 21.1 Å². The summed E-state index contributed by atoms with van der Waals surface area (Å²) < 4.78 is 0. The molecule has 0 aliphatic heterocycles. The molecular formula is C8H16Cl2N2Pt. The van der Waals surface area contributed by atoms with Crippen LogP contribution in [0.1, 0.15) is 12.8 Å². The average molecular weight is 406 g/mol. The zero-order valence-electron chi connectivity index (χ0n) is 7.90. The Balaban J connectivity index is 0.00000144. The normalized spacial score (nSPS) is 37.8. The first-order valence-electron chi connectivity index (χ1n) is 4.25. The van der Waals surface area contributed by atoms with E-state index in [2.05, 4.69) is 10.6 Å². The standard InChI is InChI=1S/C8H16Cl2N2.Pt/c1-11-5-7(9)3-4-8(7,10)6-12-2;/h11-12H,3-6H2,1-2H3;. The third-order valence-electron chi connectivity index (χ3n) is 2.63. The van der Waals surface area contributed by atoms with Crippen LogP contribution in [0.2, 0.25) is 0 Å². The fourth-order valence-corrected chi connectivity index (χ4v) is 2.50. The average Bonchev–Trinajstić information content (AvgIpc) is 2.03. The summed E-state index contributed by atoms with van der Waals surface area (Å²) in [6.45, 7) is 1.56. The van der Waals surface area contributed by atoms with Crippen molar-refractivity contribution in [3.63, 3.8) is 0 Å². The molecule has 2 atom stereocenters. The number of alkyl halides is 2. The van der Waals surface area contributed by atoms with Gasteiger partial charge >= 0.3 is 0 Å². The van der Waals surface area contributed by atoms with E-state index >= 15 is 0 Å². The van der Waals surface area contributed by atoms with Gasteiger partial charge < -0.3 is 10.6 Å². The molecule has 1 fully saturated rings. The second-order valence-electron chi connectivity index (χ2n) is 3.49. The summed E-state index contributed by atoms with van der Waals surface area (Å²) in [5.41, 5.74) is 0. The summed E-state index contributed by atoms with van der Waals surface area (Å²) in [6.07, 6.45) is 2.00. The van der Waals surface area contributed by atoms with Crippen molar-refractivity contribution in [2.75, 3.05) is 27.2 Å². The largest absolute Gasteiger partial charge is 0.318 e. The zero-order chi connectivity index (χ0) is 9.24. The van der Waals surface area contributed by atoms with Crippen molar-refractivity contribution in [2.45, 2.75) is 22.6 Å². The summed E-state index contributed by atoms with van der Waals surface area (Å²) in [7, 11) is 3.80. The molecular weight excluding hydrogens is 390 g/mol. The van der Waals surface area contributed by atoms with Crippen LogP contribution in [0.15, 0.2) is 0 Å². The molecule has 1 saturated carbocycles. The van der Waals surface area contributed by atoms with Gasteiger partial charge in [-0.15, -0.1) is 23.2 Å². The van der Waals surface area contributed by atoms with Crippen LogP contribution in [0.3, 0.4) is 0 Å². The van der Waals surface area contributed by atoms with Crippen molar-refractivity contribution in [1.82, 2.24) is 10.6 Å². The minimum Gasteiger partial charge on any atom is -0.318 e. The van der Waals surface area contributed by atoms with Gasteiger partial charge in [-0.25, -0.2) is 0 Å². The first kappa shape index (κ1) is 14.2. The quantitative estimate of drug-likeness (QED) is 0.686. The summed E-state index contributed by atoms with van der Waals surface area (Å²) in [4.78, 5) is -0.515. The van der Waals surface area contributed by atoms with Crippen molar-refractivity contribution in [1.29, 1.82) is 0 Å². The van der Waals surface area contributed by atoms with E-state index in [0.29, 0.717) is 0 Å². The Bertz CT molecular complexity index is 152. The maximum atomic E-state index is 6.36. The smallest absolute Gasteiger partial charge is 0.0774 e. The van der Waals surface area contributed by atoms with Gasteiger partial charge in [-0.3, -0.25) is 0 Å². The molecule has 1 aliphatic rings. The molecule has 0 aromatic heterocycles. The van der Waals surface area contributed by atoms with Crippen molar-refractivity contribution in [3.05, 3.63) is 0 Å². The summed E-state index contributed by atoms with van der Waals surface area (Å²) in [5.74, 6) is 0. The Morgan fingerprint density at radius 2 is 1.31 bits per heavy atom. The van der Waals surface area contributed by atoms with Crippen molar-refractivity contribution in [2.24, 2.45) is 0 Å². The number of rotatable bonds is 4. The minimum atomic E-state index is -0.258. The summed E-state index contributed by atoms with van der Waals surface area (Å²) >= 11 is 12.7. The zero-order valence-corrected chi connectivity index (χ0v) is 11.7. The number of hydrogen-bond acceptors (Lipinski definition) is 2. The number of halogens is 2. The molecule has 2 N–H and O–H groups in total. The molecule has 0 aromatic carbocycles. The molecule has 0 bridgehead atoms. The Labute approximate surface area is 104 Å². The first-order chi connectivity index (χ1) is 5.58. The van der Waals surface area contributed by atoms with Gasteiger partial charge in [0.2, 0.25) is 0 Å². The SMILES string of the molecule is CNCC1(Cl)CCC1(Cl)CNC.[Pt]. The maximum Gasteiger partial charge on any atom is 0.0774 e. The third-order valence-corrected chi connectivity index (χ3v) is 4.10. The molecule has 0 saturated heterocycles. The van der Waals surface area contributed by atoms with Gasteiger partial charge in [-0.1, -0.05) is 0 Å². The van der Waals surface area contributed by atoms with Crippen LogP contribution in [0, 0.1) is 0 Å². The second kappa shape index (κ2) is 5.32. The van der Waals surface area contributed by atoms with Gasteiger partial charge in [0, 0.05) is 34.2 Å². The van der Waals surface area contributed by atoms with E-state index in [1.165, 1.54) is 0 Å². The van der Waals surface area contributed by atoms with Gasteiger partial charge in [0.15, 0.2) is 0 Å². The van der Waals surface area contributed by atoms with Crippen LogP contribution in [-0.4, -0.2) is 36.9 Å². The van der Waals surface area contributed by atoms with E-state index < -0.39 is 0 Å². The van der Waals surface area contributed by atoms with Gasteiger partial charge in [0.05, 0.1) is 9.75 Å². The van der Waals surface area contributed by atoms with Crippen LogP contribution in [0.25, 0.3) is 0 Å². The maximum absolute atomic E-state index is 6.36. The molecule has 0 amide bonds. The molecule has 2 nitrogen and oxygen atoms in total. The molecule has 1 rings (SSSR count). The Morgan fingerprint density at radius 3 is 1.46 bits per heavy atom. The first-order valence-corrected chi connectivity index (χ1v) is 5.01. The molecule has 5 heteroatoms. The summed E-state index contributed by atoms with van der Waals surface area (Å²) in [5, 5.41) is 6.16. The molecule has 0 spiro atoms. The minimum absolute atomic E-state index is 0. The Hall–Kier alpha value is 1.19. The van der Waals surface area contributed by atoms with Gasteiger partial charge in [-0.05, 0) is 26.9 Å². The molecule has 13 heavy (non-hydrogen) atoms. The topological polar surface area (TPSA) is 24.1 Å². The van der Waals surface area contributed by atoms with E-state index in [-0.39, 0.29) is 30.8 Å². The van der Waals surface area contributed by atoms with Crippen LogP contribution < -0.4 is 10.6 Å². The van der Waals surface area contributed by atoms with Crippen molar-refractivity contribution in [3.8, 4) is 0 Å². The molecule has 1 aliphatic carbocycles. The molecule has 0 radical (unpaired) electrons. The van der Waals surface area contributed by atoms with Crippen LogP contribution in [0.5, 0.6) is 0 Å². The van der Waals surface area contributed by atoms with E-state index in [1.54, 1.807) is 0 Å². The predicted octanol–water partition coefficient (Wildman–Crippen LogP) is 1.17. The van der Waals surface area contributed by atoms with Gasteiger partial charge in [0.25, 0.3) is 0 Å². The predicted molar refractivity (Wildman–Crippen MR) is 54.3 cm³/mol. The number of hydrogen-bond donors (Lipinski definition) is 2. The molecule has 2 unspecified atom stereocenters. The summed E-state index contributed by atoms with van der Waals surface area (Å²) in [6, 6.07) is 0. The van der Waals surface area contributed by atoms with E-state index in [9.17, 15) is 0 Å². The molecule has 82 valence electrons. The monoisotopic (exact) mass is 405 g/mol. The van der Waals surface area contributed by atoms with E-state index in [0.717, 1.165) is 25.9 Å². The fraction of sp³-hybridized carbons (Fsp3) is 1.00. The van der Waals surface area contributed by atoms with E-state index in [1.807, 2.05) is 14.1 Å². The molecule has 0 heterocycles. The Kier molecular flexibility index (Phi) is 5.81. The van der Waals surface area contributed by atoms with Crippen LogP contribution in [0.4, 0.5) is 0 Å². The van der Waals surface area contributed by atoms with Crippen molar-refractivity contribution < 1.29 is 21.1 Å². The molecule has 0 aromatic rings. The van der Waals surface area contributed by atoms with Gasteiger partial charge in [0.1, 0.15) is 0 Å². The van der Waals surface area contributed by atoms with Gasteiger partial charge in [-0.2, -0.15) is 0 Å². The second-order valence-corrected chi connectivity index (χ2v) is 4.94. The fourth-order valence-electron chi connectivity index (χ4n) is 1.72. The Morgan fingerprint density at radius 1 is 1.00 bits per heavy atom. The third kappa shape index (κ3) is 2.60. The van der Waals surface area contributed by atoms with Crippen LogP contribution >= 0.6 is 23.2 Å². The number of nitrogens with one attached hydrogen (secondary N) is 2.